The van der Waals surface area contributed by atoms with E-state index in [9.17, 15) is 14.7 Å². The molecule has 0 unspecified atom stereocenters. The highest BCUT2D eigenvalue weighted by Crippen LogP contribution is 2.30. The molecular formula is C23H24N2O5. The number of rotatable bonds is 8. The summed E-state index contributed by atoms with van der Waals surface area (Å²) in [7, 11) is 0. The van der Waals surface area contributed by atoms with E-state index in [0.717, 1.165) is 10.8 Å². The summed E-state index contributed by atoms with van der Waals surface area (Å²) in [5.74, 6) is -0.0892. The summed E-state index contributed by atoms with van der Waals surface area (Å²) < 4.78 is 11.5. The first-order valence-corrected chi connectivity index (χ1v) is 9.47. The molecule has 3 aromatic rings. The summed E-state index contributed by atoms with van der Waals surface area (Å²) in [5.41, 5.74) is 4.45. The Morgan fingerprint density at radius 1 is 1.00 bits per heavy atom. The Morgan fingerprint density at radius 2 is 1.73 bits per heavy atom. The maximum absolute atomic E-state index is 12.9. The Morgan fingerprint density at radius 3 is 2.47 bits per heavy atom. The van der Waals surface area contributed by atoms with Crippen LogP contribution >= 0.6 is 0 Å². The molecule has 0 fully saturated rings. The van der Waals surface area contributed by atoms with E-state index in [4.69, 9.17) is 15.2 Å². The van der Waals surface area contributed by atoms with Crippen molar-refractivity contribution in [3.05, 3.63) is 66.2 Å². The van der Waals surface area contributed by atoms with Crippen molar-refractivity contribution in [1.29, 1.82) is 0 Å². The number of carbonyl (C=O) groups is 2. The first-order valence-electron chi connectivity index (χ1n) is 9.47. The predicted octanol–water partition coefficient (Wildman–Crippen LogP) is 3.00. The Kier molecular flexibility index (Phi) is 6.11. The van der Waals surface area contributed by atoms with Gasteiger partial charge in [0.15, 0.2) is 0 Å². The molecule has 4 N–H and O–H groups in total. The van der Waals surface area contributed by atoms with Crippen molar-refractivity contribution in [2.24, 2.45) is 5.73 Å². The van der Waals surface area contributed by atoms with Gasteiger partial charge in [0.05, 0.1) is 5.56 Å². The minimum atomic E-state index is -1.21. The van der Waals surface area contributed by atoms with Crippen LogP contribution in [0.15, 0.2) is 60.7 Å². The smallest absolute Gasteiger partial charge is 0.255 e. The third-order valence-corrected chi connectivity index (χ3v) is 4.58. The zero-order valence-corrected chi connectivity index (χ0v) is 16.8. The van der Waals surface area contributed by atoms with Crippen molar-refractivity contribution in [2.45, 2.75) is 19.4 Å². The number of phenols is 1. The molecule has 3 rings (SSSR count). The number of nitrogens with two attached hydrogens (primary N) is 1. The third kappa shape index (κ3) is 4.81. The Bertz CT molecular complexity index is 1080. The summed E-state index contributed by atoms with van der Waals surface area (Å²) in [5, 5.41) is 13.8. The van der Waals surface area contributed by atoms with Gasteiger partial charge < -0.3 is 25.6 Å². The molecule has 0 bridgehead atoms. The molecular weight excluding hydrogens is 384 g/mol. The highest BCUT2D eigenvalue weighted by molar-refractivity contribution is 6.05. The molecule has 0 radical (unpaired) electrons. The zero-order valence-electron chi connectivity index (χ0n) is 16.8. The molecule has 30 heavy (non-hydrogen) atoms. The minimum absolute atomic E-state index is 0.110. The predicted molar refractivity (Wildman–Crippen MR) is 114 cm³/mol. The topological polar surface area (TPSA) is 111 Å². The molecule has 7 heteroatoms. The van der Waals surface area contributed by atoms with Crippen molar-refractivity contribution < 1.29 is 24.2 Å². The Labute approximate surface area is 174 Å². The fourth-order valence-electron chi connectivity index (χ4n) is 2.87. The average Bonchev–Trinajstić information content (AvgIpc) is 2.70. The summed E-state index contributed by atoms with van der Waals surface area (Å²) in [4.78, 5) is 24.5. The number of fused-ring (bicyclic) bond motifs is 1. The maximum Gasteiger partial charge on any atom is 0.255 e. The van der Waals surface area contributed by atoms with E-state index in [1.165, 1.54) is 19.9 Å². The van der Waals surface area contributed by atoms with E-state index in [1.54, 1.807) is 24.3 Å². The van der Waals surface area contributed by atoms with Gasteiger partial charge in [0.1, 0.15) is 36.0 Å². The van der Waals surface area contributed by atoms with E-state index < -0.39 is 17.4 Å². The summed E-state index contributed by atoms with van der Waals surface area (Å²) >= 11 is 0. The van der Waals surface area contributed by atoms with Crippen molar-refractivity contribution in [2.75, 3.05) is 13.2 Å². The number of hydrogen-bond donors (Lipinski definition) is 3. The number of phenolic OH excluding ortho intramolecular Hbond substituents is 1. The van der Waals surface area contributed by atoms with Crippen LogP contribution in [-0.4, -0.2) is 35.7 Å². The summed E-state index contributed by atoms with van der Waals surface area (Å²) in [6, 6.07) is 17.5. The Balaban J connectivity index is 1.81. The summed E-state index contributed by atoms with van der Waals surface area (Å²) in [6.07, 6.45) is 0. The molecule has 0 heterocycles. The van der Waals surface area contributed by atoms with Gasteiger partial charge in [-0.1, -0.05) is 36.4 Å². The van der Waals surface area contributed by atoms with Crippen LogP contribution in [0, 0.1) is 0 Å². The quantitative estimate of drug-likeness (QED) is 0.496. The second-order valence-electron chi connectivity index (χ2n) is 7.30. The average molecular weight is 408 g/mol. The fourth-order valence-corrected chi connectivity index (χ4v) is 2.87. The molecule has 156 valence electrons. The van der Waals surface area contributed by atoms with E-state index in [-0.39, 0.29) is 19.0 Å². The second-order valence-corrected chi connectivity index (χ2v) is 7.30. The molecule has 0 saturated heterocycles. The lowest BCUT2D eigenvalue weighted by molar-refractivity contribution is -0.122. The number of nitrogens with one attached hydrogen (secondary N) is 1. The normalized spacial score (nSPS) is 11.1. The van der Waals surface area contributed by atoms with Gasteiger partial charge in [0, 0.05) is 11.5 Å². The zero-order chi connectivity index (χ0) is 21.7. The molecule has 0 spiro atoms. The van der Waals surface area contributed by atoms with Crippen LogP contribution in [-0.2, 0) is 4.79 Å². The van der Waals surface area contributed by atoms with Crippen LogP contribution in [0.25, 0.3) is 10.8 Å². The lowest BCUT2D eigenvalue weighted by atomic mass is 10.0. The number of aromatic hydroxyl groups is 1. The lowest BCUT2D eigenvalue weighted by Crippen LogP contribution is -2.53. The SMILES string of the molecule is CC(C)(NC(=O)c1ccc2ccccc2c1OCCOc1cccc(O)c1)C(N)=O. The van der Waals surface area contributed by atoms with Crippen molar-refractivity contribution in [1.82, 2.24) is 5.32 Å². The van der Waals surface area contributed by atoms with Crippen LogP contribution in [0.2, 0.25) is 0 Å². The molecule has 7 nitrogen and oxygen atoms in total. The highest BCUT2D eigenvalue weighted by atomic mass is 16.5. The van der Waals surface area contributed by atoms with Gasteiger partial charge in [-0.05, 0) is 37.4 Å². The molecule has 0 aliphatic carbocycles. The van der Waals surface area contributed by atoms with Gasteiger partial charge in [-0.3, -0.25) is 9.59 Å². The maximum atomic E-state index is 12.9. The molecule has 0 aliphatic rings. The first kappa shape index (κ1) is 21.0. The van der Waals surface area contributed by atoms with E-state index in [0.29, 0.717) is 17.1 Å². The van der Waals surface area contributed by atoms with E-state index >= 15 is 0 Å². The van der Waals surface area contributed by atoms with E-state index in [2.05, 4.69) is 5.32 Å². The molecule has 2 amide bonds. The van der Waals surface area contributed by atoms with Crippen LogP contribution in [0.1, 0.15) is 24.2 Å². The first-order chi connectivity index (χ1) is 14.3. The van der Waals surface area contributed by atoms with Gasteiger partial charge in [-0.15, -0.1) is 0 Å². The molecule has 0 aromatic heterocycles. The standard InChI is InChI=1S/C23H24N2O5/c1-23(2,22(24)28)25-21(27)19-11-10-15-6-3-4-9-18(15)20(19)30-13-12-29-17-8-5-7-16(26)14-17/h3-11,14,26H,12-13H2,1-2H3,(H2,24,28)(H,25,27). The highest BCUT2D eigenvalue weighted by Gasteiger charge is 2.29. The molecule has 0 saturated carbocycles. The van der Waals surface area contributed by atoms with Crippen molar-refractivity contribution in [3.63, 3.8) is 0 Å². The molecule has 0 atom stereocenters. The number of hydrogen-bond acceptors (Lipinski definition) is 5. The van der Waals surface area contributed by atoms with Crippen LogP contribution < -0.4 is 20.5 Å². The minimum Gasteiger partial charge on any atom is -0.508 e. The third-order valence-electron chi connectivity index (χ3n) is 4.58. The molecule has 3 aromatic carbocycles. The summed E-state index contributed by atoms with van der Waals surface area (Å²) in [6.45, 7) is 3.46. The van der Waals surface area contributed by atoms with Gasteiger partial charge >= 0.3 is 0 Å². The molecule has 0 aliphatic heterocycles. The van der Waals surface area contributed by atoms with Crippen LogP contribution in [0.5, 0.6) is 17.2 Å². The monoisotopic (exact) mass is 408 g/mol. The largest absolute Gasteiger partial charge is 0.508 e. The van der Waals surface area contributed by atoms with Crippen molar-refractivity contribution >= 4 is 22.6 Å². The van der Waals surface area contributed by atoms with Gasteiger partial charge in [-0.2, -0.15) is 0 Å². The second kappa shape index (κ2) is 8.73. The van der Waals surface area contributed by atoms with Crippen LogP contribution in [0.3, 0.4) is 0 Å². The van der Waals surface area contributed by atoms with Crippen LogP contribution in [0.4, 0.5) is 0 Å². The number of primary amides is 1. The van der Waals surface area contributed by atoms with Gasteiger partial charge in [-0.25, -0.2) is 0 Å². The Hall–Kier alpha value is -3.74. The number of carbonyl (C=O) groups excluding carboxylic acids is 2. The lowest BCUT2D eigenvalue weighted by Gasteiger charge is -2.23. The van der Waals surface area contributed by atoms with Gasteiger partial charge in [0.25, 0.3) is 5.91 Å². The number of amides is 2. The van der Waals surface area contributed by atoms with E-state index in [1.807, 2.05) is 30.3 Å². The van der Waals surface area contributed by atoms with Crippen molar-refractivity contribution in [3.8, 4) is 17.2 Å². The number of ether oxygens (including phenoxy) is 2. The fraction of sp³-hybridized carbons (Fsp3) is 0.217. The van der Waals surface area contributed by atoms with Gasteiger partial charge in [0.2, 0.25) is 5.91 Å². The number of benzene rings is 3.